The number of benzene rings is 1. The van der Waals surface area contributed by atoms with E-state index in [4.69, 9.17) is 18.3 Å². The summed E-state index contributed by atoms with van der Waals surface area (Å²) in [6.07, 6.45) is 1.01. The molecule has 0 aliphatic rings. The second-order valence-electron chi connectivity index (χ2n) is 9.36. The van der Waals surface area contributed by atoms with Gasteiger partial charge in [0.15, 0.2) is 16.6 Å². The van der Waals surface area contributed by atoms with Crippen molar-refractivity contribution in [1.82, 2.24) is 0 Å². The highest BCUT2D eigenvalue weighted by Crippen LogP contribution is 2.55. The van der Waals surface area contributed by atoms with Crippen molar-refractivity contribution in [3.63, 3.8) is 0 Å². The van der Waals surface area contributed by atoms with Crippen LogP contribution in [0.4, 0.5) is 4.39 Å². The molecule has 0 fully saturated rings. The first-order valence-electron chi connectivity index (χ1n) is 9.59. The molecule has 0 heterocycles. The van der Waals surface area contributed by atoms with E-state index in [1.54, 1.807) is 41.5 Å². The van der Waals surface area contributed by atoms with Gasteiger partial charge in [-0.05, 0) is 65.2 Å². The van der Waals surface area contributed by atoms with E-state index in [-0.39, 0.29) is 16.4 Å². The van der Waals surface area contributed by atoms with Crippen LogP contribution in [0, 0.1) is 5.82 Å². The predicted molar refractivity (Wildman–Crippen MR) is 114 cm³/mol. The molecule has 7 nitrogen and oxygen atoms in total. The molecular weight excluding hydrogens is 434 g/mol. The Bertz CT molecular complexity index is 864. The number of ether oxygens (including phenoxy) is 1. The third kappa shape index (κ3) is 9.12. The highest BCUT2D eigenvalue weighted by atomic mass is 32.2. The number of phosphoric ester groups is 1. The largest absolute Gasteiger partial charge is 0.477 e. The fourth-order valence-corrected chi connectivity index (χ4v) is 5.07. The summed E-state index contributed by atoms with van der Waals surface area (Å²) >= 11 is 0. The van der Waals surface area contributed by atoms with Crippen LogP contribution < -0.4 is 0 Å². The molecule has 174 valence electrons. The van der Waals surface area contributed by atoms with Gasteiger partial charge >= 0.3 is 7.82 Å². The van der Waals surface area contributed by atoms with Gasteiger partial charge in [-0.25, -0.2) is 17.4 Å². The van der Waals surface area contributed by atoms with Crippen molar-refractivity contribution in [2.75, 3.05) is 13.0 Å². The fraction of sp³-hybridized carbons (Fsp3) is 0.700. The molecule has 0 spiro atoms. The Morgan fingerprint density at radius 1 is 1.03 bits per heavy atom. The van der Waals surface area contributed by atoms with Crippen molar-refractivity contribution >= 4 is 17.7 Å². The van der Waals surface area contributed by atoms with Crippen molar-refractivity contribution in [3.05, 3.63) is 29.1 Å². The molecule has 1 aromatic carbocycles. The molecule has 0 aromatic heterocycles. The number of sulfone groups is 1. The van der Waals surface area contributed by atoms with Gasteiger partial charge in [0.05, 0.1) is 22.7 Å². The average molecular weight is 469 g/mol. The van der Waals surface area contributed by atoms with Gasteiger partial charge in [0.1, 0.15) is 5.82 Å². The van der Waals surface area contributed by atoms with E-state index in [2.05, 4.69) is 0 Å². The van der Waals surface area contributed by atoms with Crippen LogP contribution in [0.3, 0.4) is 0 Å². The van der Waals surface area contributed by atoms with Crippen LogP contribution in [0.15, 0.2) is 17.0 Å². The molecule has 0 unspecified atom stereocenters. The predicted octanol–water partition coefficient (Wildman–Crippen LogP) is 5.58. The third-order valence-electron chi connectivity index (χ3n) is 3.55. The van der Waals surface area contributed by atoms with E-state index in [0.717, 1.165) is 6.26 Å². The summed E-state index contributed by atoms with van der Waals surface area (Å²) in [5.74, 6) is -0.741. The van der Waals surface area contributed by atoms with Crippen molar-refractivity contribution in [2.45, 2.75) is 84.0 Å². The van der Waals surface area contributed by atoms with Crippen molar-refractivity contribution in [2.24, 2.45) is 0 Å². The quantitative estimate of drug-likeness (QED) is 0.265. The van der Waals surface area contributed by atoms with Crippen molar-refractivity contribution in [1.29, 1.82) is 0 Å². The van der Waals surface area contributed by atoms with Crippen LogP contribution in [-0.2, 0) is 39.3 Å². The number of rotatable bonds is 9. The molecule has 0 radical (unpaired) electrons. The lowest BCUT2D eigenvalue weighted by molar-refractivity contribution is -0.0542. The van der Waals surface area contributed by atoms with Gasteiger partial charge < -0.3 is 4.74 Å². The summed E-state index contributed by atoms with van der Waals surface area (Å²) in [5, 5.41) is 0. The minimum Gasteiger partial charge on any atom is -0.350 e. The Morgan fingerprint density at radius 3 is 1.93 bits per heavy atom. The zero-order valence-corrected chi connectivity index (χ0v) is 20.9. The van der Waals surface area contributed by atoms with Crippen LogP contribution >= 0.6 is 7.82 Å². The van der Waals surface area contributed by atoms with Crippen LogP contribution in [0.5, 0.6) is 0 Å². The highest BCUT2D eigenvalue weighted by Gasteiger charge is 2.37. The van der Waals surface area contributed by atoms with Gasteiger partial charge in [0, 0.05) is 11.8 Å². The molecule has 1 rings (SSSR count). The number of hydrogen-bond donors (Lipinski definition) is 0. The van der Waals surface area contributed by atoms with Crippen LogP contribution in [0.1, 0.15) is 72.4 Å². The van der Waals surface area contributed by atoms with Crippen molar-refractivity contribution < 1.29 is 35.7 Å². The maximum atomic E-state index is 14.6. The molecule has 30 heavy (non-hydrogen) atoms. The van der Waals surface area contributed by atoms with Crippen LogP contribution in [0.2, 0.25) is 0 Å². The molecule has 0 N–H and O–H groups in total. The lowest BCUT2D eigenvalue weighted by Crippen LogP contribution is -2.25. The summed E-state index contributed by atoms with van der Waals surface area (Å²) in [6.45, 7) is 12.9. The zero-order chi connectivity index (χ0) is 23.5. The Hall–Kier alpha value is -0.830. The summed E-state index contributed by atoms with van der Waals surface area (Å²) in [5.41, 5.74) is -1.19. The van der Waals surface area contributed by atoms with Crippen LogP contribution in [-0.4, -0.2) is 32.7 Å². The third-order valence-corrected chi connectivity index (χ3v) is 6.68. The second-order valence-corrected chi connectivity index (χ2v) is 12.9. The van der Waals surface area contributed by atoms with Gasteiger partial charge in [-0.1, -0.05) is 13.8 Å². The molecular formula is C20H34FO7PS. The summed E-state index contributed by atoms with van der Waals surface area (Å²) in [4.78, 5) is -0.147. The Kier molecular flexibility index (Phi) is 8.85. The first kappa shape index (κ1) is 27.2. The monoisotopic (exact) mass is 468 g/mol. The molecule has 0 amide bonds. The topological polar surface area (TPSA) is 88.1 Å². The smallest absolute Gasteiger partial charge is 0.350 e. The zero-order valence-electron chi connectivity index (χ0n) is 19.2. The molecule has 0 atom stereocenters. The molecule has 0 aliphatic carbocycles. The summed E-state index contributed by atoms with van der Waals surface area (Å²) < 4.78 is 73.3. The van der Waals surface area contributed by atoms with Crippen molar-refractivity contribution in [3.8, 4) is 0 Å². The SMILES string of the molecule is CC(C)c1cc(F)c(COCOP(=O)(OC(C)(C)C)OC(C)(C)C)c(S(C)(=O)=O)c1. The Labute approximate surface area is 179 Å². The average Bonchev–Trinajstić information content (AvgIpc) is 2.47. The van der Waals surface area contributed by atoms with E-state index in [1.165, 1.54) is 12.1 Å². The van der Waals surface area contributed by atoms with Gasteiger partial charge in [-0.3, -0.25) is 13.6 Å². The minimum atomic E-state index is -4.00. The molecule has 0 bridgehead atoms. The Balaban J connectivity index is 3.00. The van der Waals surface area contributed by atoms with Gasteiger partial charge in [-0.2, -0.15) is 0 Å². The van der Waals surface area contributed by atoms with Gasteiger partial charge in [0.25, 0.3) is 0 Å². The van der Waals surface area contributed by atoms with E-state index in [9.17, 15) is 17.4 Å². The van der Waals surface area contributed by atoms with Crippen LogP contribution in [0.25, 0.3) is 0 Å². The van der Waals surface area contributed by atoms with E-state index < -0.39 is 48.1 Å². The standard InChI is InChI=1S/C20H34FO7PS/c1-14(2)15-10-17(21)16(18(11-15)30(9,23)24)12-25-13-26-29(22,27-19(3,4)5)28-20(6,7)8/h10-11,14H,12-13H2,1-9H3. The lowest BCUT2D eigenvalue weighted by Gasteiger charge is -2.30. The maximum Gasteiger partial charge on any atom is 0.477 e. The molecule has 0 saturated heterocycles. The Morgan fingerprint density at radius 2 is 1.53 bits per heavy atom. The molecule has 10 heteroatoms. The van der Waals surface area contributed by atoms with Gasteiger partial charge in [-0.15, -0.1) is 0 Å². The first-order valence-corrected chi connectivity index (χ1v) is 12.9. The number of phosphoric acid groups is 1. The van der Waals surface area contributed by atoms with E-state index in [0.29, 0.717) is 5.56 Å². The van der Waals surface area contributed by atoms with Gasteiger partial charge in [0.2, 0.25) is 0 Å². The summed E-state index contributed by atoms with van der Waals surface area (Å²) in [7, 11) is -7.69. The number of halogens is 1. The normalized spacial score (nSPS) is 13.8. The first-order chi connectivity index (χ1) is 13.3. The molecule has 0 aliphatic heterocycles. The van der Waals surface area contributed by atoms with E-state index in [1.807, 2.05) is 13.8 Å². The second kappa shape index (κ2) is 9.76. The molecule has 1 aromatic rings. The fourth-order valence-electron chi connectivity index (χ4n) is 2.42. The molecule has 0 saturated carbocycles. The summed E-state index contributed by atoms with van der Waals surface area (Å²) in [6, 6.07) is 2.73. The highest BCUT2D eigenvalue weighted by molar-refractivity contribution is 7.90. The lowest BCUT2D eigenvalue weighted by atomic mass is 10.0. The minimum absolute atomic E-state index is 0.0479. The maximum absolute atomic E-state index is 14.6. The van der Waals surface area contributed by atoms with E-state index >= 15 is 0 Å². The number of hydrogen-bond acceptors (Lipinski definition) is 7.